The molecular weight excluding hydrogens is 384 g/mol. The van der Waals surface area contributed by atoms with Crippen LogP contribution in [0, 0.1) is 0 Å². The maximum atomic E-state index is 5.67. The highest BCUT2D eigenvalue weighted by Gasteiger charge is 2.28. The molecule has 0 spiro atoms. The average molecular weight is 405 g/mol. The van der Waals surface area contributed by atoms with Crippen LogP contribution in [0.2, 0.25) is 0 Å². The number of fused-ring (bicyclic) bond motifs is 1. The zero-order chi connectivity index (χ0) is 17.2. The van der Waals surface area contributed by atoms with Crippen molar-refractivity contribution < 1.29 is 14.2 Å². The lowest BCUT2D eigenvalue weighted by molar-refractivity contribution is 0.173. The number of ether oxygens (including phenoxy) is 3. The Hall–Kier alpha value is -1.76. The van der Waals surface area contributed by atoms with Gasteiger partial charge in [0.25, 0.3) is 0 Å². The minimum absolute atomic E-state index is 0.101. The number of rotatable bonds is 4. The molecule has 2 aliphatic rings. The van der Waals surface area contributed by atoms with Crippen molar-refractivity contribution in [1.29, 1.82) is 0 Å². The molecule has 1 fully saturated rings. The van der Waals surface area contributed by atoms with Gasteiger partial charge in [0.1, 0.15) is 5.75 Å². The molecule has 1 N–H and O–H groups in total. The molecule has 0 aliphatic carbocycles. The molecule has 2 aromatic rings. The summed E-state index contributed by atoms with van der Waals surface area (Å²) in [5.74, 6) is 2.51. The van der Waals surface area contributed by atoms with Gasteiger partial charge in [-0.1, -0.05) is 22.0 Å². The zero-order valence-electron chi connectivity index (χ0n) is 14.1. The summed E-state index contributed by atoms with van der Waals surface area (Å²) in [4.78, 5) is 2.48. The van der Waals surface area contributed by atoms with Crippen LogP contribution < -0.4 is 19.5 Å². The monoisotopic (exact) mass is 404 g/mol. The van der Waals surface area contributed by atoms with Gasteiger partial charge in [-0.05, 0) is 35.9 Å². The molecule has 2 aromatic carbocycles. The molecule has 2 heterocycles. The summed E-state index contributed by atoms with van der Waals surface area (Å²) in [6, 6.07) is 12.5. The number of piperazine rings is 1. The number of benzene rings is 2. The molecule has 6 heteroatoms. The van der Waals surface area contributed by atoms with E-state index < -0.39 is 0 Å². The highest BCUT2D eigenvalue weighted by molar-refractivity contribution is 9.10. The van der Waals surface area contributed by atoms with E-state index in [1.165, 1.54) is 5.56 Å². The second kappa shape index (κ2) is 7.23. The lowest BCUT2D eigenvalue weighted by Gasteiger charge is -2.36. The predicted octanol–water partition coefficient (Wildman–Crippen LogP) is 3.18. The fourth-order valence-electron chi connectivity index (χ4n) is 3.53. The van der Waals surface area contributed by atoms with Gasteiger partial charge < -0.3 is 19.5 Å². The Morgan fingerprint density at radius 2 is 1.88 bits per heavy atom. The number of methoxy groups -OCH3 is 1. The van der Waals surface area contributed by atoms with Gasteiger partial charge in [0.15, 0.2) is 11.5 Å². The second-order valence-corrected chi connectivity index (χ2v) is 7.10. The van der Waals surface area contributed by atoms with Crippen LogP contribution in [0.4, 0.5) is 0 Å². The van der Waals surface area contributed by atoms with Crippen LogP contribution in [-0.4, -0.2) is 45.0 Å². The summed E-state index contributed by atoms with van der Waals surface area (Å²) in [5.41, 5.74) is 2.33. The Morgan fingerprint density at radius 3 is 2.68 bits per heavy atom. The van der Waals surface area contributed by atoms with Gasteiger partial charge in [-0.25, -0.2) is 0 Å². The molecule has 4 rings (SSSR count). The molecule has 25 heavy (non-hydrogen) atoms. The van der Waals surface area contributed by atoms with E-state index in [1.54, 1.807) is 7.11 Å². The first-order valence-corrected chi connectivity index (χ1v) is 9.23. The van der Waals surface area contributed by atoms with E-state index in [0.29, 0.717) is 0 Å². The Labute approximate surface area is 156 Å². The Morgan fingerprint density at radius 1 is 1.08 bits per heavy atom. The SMILES string of the molecule is COc1ccc(Br)cc1C(c1ccc2c(c1)OCO2)N1CCNCC1. The molecule has 5 nitrogen and oxygen atoms in total. The predicted molar refractivity (Wildman–Crippen MR) is 99.5 cm³/mol. The third-order valence-corrected chi connectivity index (χ3v) is 5.21. The fraction of sp³-hybridized carbons (Fsp3) is 0.368. The quantitative estimate of drug-likeness (QED) is 0.847. The van der Waals surface area contributed by atoms with Crippen LogP contribution in [0.25, 0.3) is 0 Å². The van der Waals surface area contributed by atoms with Crippen molar-refractivity contribution >= 4 is 15.9 Å². The molecular formula is C19H21BrN2O3. The maximum Gasteiger partial charge on any atom is 0.231 e. The first kappa shape index (κ1) is 16.7. The van der Waals surface area contributed by atoms with Crippen LogP contribution in [0.1, 0.15) is 17.2 Å². The van der Waals surface area contributed by atoms with Gasteiger partial charge in [-0.2, -0.15) is 0 Å². The number of nitrogens with one attached hydrogen (secondary N) is 1. The van der Waals surface area contributed by atoms with Gasteiger partial charge in [0.05, 0.1) is 13.2 Å². The highest BCUT2D eigenvalue weighted by Crippen LogP contribution is 2.41. The summed E-state index contributed by atoms with van der Waals surface area (Å²) in [7, 11) is 1.72. The van der Waals surface area contributed by atoms with Crippen molar-refractivity contribution in [2.45, 2.75) is 6.04 Å². The topological polar surface area (TPSA) is 43.0 Å². The largest absolute Gasteiger partial charge is 0.496 e. The van der Waals surface area contributed by atoms with E-state index >= 15 is 0 Å². The van der Waals surface area contributed by atoms with Crippen LogP contribution in [-0.2, 0) is 0 Å². The lowest BCUT2D eigenvalue weighted by atomic mass is 9.95. The molecule has 0 amide bonds. The molecule has 0 aromatic heterocycles. The fourth-order valence-corrected chi connectivity index (χ4v) is 3.91. The van der Waals surface area contributed by atoms with Crippen molar-refractivity contribution in [1.82, 2.24) is 10.2 Å². The second-order valence-electron chi connectivity index (χ2n) is 6.19. The van der Waals surface area contributed by atoms with Gasteiger partial charge in [-0.3, -0.25) is 4.90 Å². The minimum Gasteiger partial charge on any atom is -0.496 e. The minimum atomic E-state index is 0.101. The summed E-state index contributed by atoms with van der Waals surface area (Å²) in [5, 5.41) is 3.43. The molecule has 1 unspecified atom stereocenters. The summed E-state index contributed by atoms with van der Waals surface area (Å²) < 4.78 is 17.8. The van der Waals surface area contributed by atoms with E-state index in [0.717, 1.165) is 53.5 Å². The summed E-state index contributed by atoms with van der Waals surface area (Å²) in [6.07, 6.45) is 0. The van der Waals surface area contributed by atoms with Crippen molar-refractivity contribution in [2.24, 2.45) is 0 Å². The standard InChI is InChI=1S/C19H21BrN2O3/c1-23-16-5-3-14(20)11-15(16)19(22-8-6-21-7-9-22)13-2-4-17-18(10-13)25-12-24-17/h2-5,10-11,19,21H,6-9,12H2,1H3. The summed E-state index contributed by atoms with van der Waals surface area (Å²) in [6.45, 7) is 4.22. The van der Waals surface area contributed by atoms with Crippen molar-refractivity contribution in [2.75, 3.05) is 40.1 Å². The smallest absolute Gasteiger partial charge is 0.231 e. The molecule has 132 valence electrons. The normalized spacial score (nSPS) is 18.2. The third-order valence-electron chi connectivity index (χ3n) is 4.72. The maximum absolute atomic E-state index is 5.67. The average Bonchev–Trinajstić information content (AvgIpc) is 3.11. The number of nitrogens with zero attached hydrogens (tertiary/aromatic N) is 1. The number of hydrogen-bond acceptors (Lipinski definition) is 5. The van der Waals surface area contributed by atoms with Crippen molar-refractivity contribution in [3.05, 3.63) is 52.0 Å². The zero-order valence-corrected chi connectivity index (χ0v) is 15.7. The first-order chi connectivity index (χ1) is 12.3. The van der Waals surface area contributed by atoms with E-state index in [9.17, 15) is 0 Å². The molecule has 1 atom stereocenters. The molecule has 0 radical (unpaired) electrons. The Balaban J connectivity index is 1.80. The van der Waals surface area contributed by atoms with E-state index in [1.807, 2.05) is 18.2 Å². The van der Waals surface area contributed by atoms with Crippen LogP contribution in [0.15, 0.2) is 40.9 Å². The number of hydrogen-bond donors (Lipinski definition) is 1. The molecule has 1 saturated heterocycles. The van der Waals surface area contributed by atoms with Gasteiger partial charge in [-0.15, -0.1) is 0 Å². The molecule has 0 saturated carbocycles. The molecule has 0 bridgehead atoms. The van der Waals surface area contributed by atoms with E-state index in [-0.39, 0.29) is 12.8 Å². The van der Waals surface area contributed by atoms with Crippen molar-refractivity contribution in [3.63, 3.8) is 0 Å². The van der Waals surface area contributed by atoms with Gasteiger partial charge in [0, 0.05) is 36.2 Å². The van der Waals surface area contributed by atoms with Crippen molar-refractivity contribution in [3.8, 4) is 17.2 Å². The first-order valence-electron chi connectivity index (χ1n) is 8.44. The van der Waals surface area contributed by atoms with E-state index in [2.05, 4.69) is 44.3 Å². The number of halogens is 1. The molecule has 2 aliphatic heterocycles. The van der Waals surface area contributed by atoms with Gasteiger partial charge >= 0.3 is 0 Å². The third kappa shape index (κ3) is 3.34. The van der Waals surface area contributed by atoms with Crippen LogP contribution in [0.5, 0.6) is 17.2 Å². The van der Waals surface area contributed by atoms with Crippen LogP contribution in [0.3, 0.4) is 0 Å². The summed E-state index contributed by atoms with van der Waals surface area (Å²) >= 11 is 3.61. The Bertz CT molecular complexity index is 762. The van der Waals surface area contributed by atoms with Gasteiger partial charge in [0.2, 0.25) is 6.79 Å². The highest BCUT2D eigenvalue weighted by atomic mass is 79.9. The Kier molecular flexibility index (Phi) is 4.83. The van der Waals surface area contributed by atoms with Crippen LogP contribution >= 0.6 is 15.9 Å². The lowest BCUT2D eigenvalue weighted by Crippen LogP contribution is -2.45. The van der Waals surface area contributed by atoms with E-state index in [4.69, 9.17) is 14.2 Å².